The molecular formula is C15H19N3O3S. The summed E-state index contributed by atoms with van der Waals surface area (Å²) in [5.41, 5.74) is 0.836. The van der Waals surface area contributed by atoms with Gasteiger partial charge in [-0.2, -0.15) is 0 Å². The molecule has 0 amide bonds. The summed E-state index contributed by atoms with van der Waals surface area (Å²) in [6.07, 6.45) is 5.12. The van der Waals surface area contributed by atoms with E-state index in [0.29, 0.717) is 6.54 Å². The number of nitrogens with one attached hydrogen (secondary N) is 1. The van der Waals surface area contributed by atoms with Gasteiger partial charge in [0.05, 0.1) is 17.0 Å². The van der Waals surface area contributed by atoms with Crippen LogP contribution in [-0.4, -0.2) is 48.5 Å². The SMILES string of the molecule is CS(=O)(=O)c1ccc(-c2nccn2[C@H]2CCNC[C@@H]2O)cc1. The molecule has 0 bridgehead atoms. The summed E-state index contributed by atoms with van der Waals surface area (Å²) in [5.74, 6) is 0.742. The van der Waals surface area contributed by atoms with Crippen LogP contribution in [0.3, 0.4) is 0 Å². The number of aliphatic hydroxyl groups is 1. The van der Waals surface area contributed by atoms with E-state index in [1.165, 1.54) is 6.26 Å². The number of piperidine rings is 1. The van der Waals surface area contributed by atoms with E-state index in [1.54, 1.807) is 30.5 Å². The Morgan fingerprint density at radius 1 is 1.32 bits per heavy atom. The van der Waals surface area contributed by atoms with Crippen molar-refractivity contribution in [2.75, 3.05) is 19.3 Å². The minimum Gasteiger partial charge on any atom is -0.390 e. The van der Waals surface area contributed by atoms with Gasteiger partial charge in [0.2, 0.25) is 0 Å². The largest absolute Gasteiger partial charge is 0.390 e. The van der Waals surface area contributed by atoms with Crippen molar-refractivity contribution in [3.8, 4) is 11.4 Å². The van der Waals surface area contributed by atoms with Crippen LogP contribution in [0.15, 0.2) is 41.6 Å². The number of nitrogens with zero attached hydrogens (tertiary/aromatic N) is 2. The lowest BCUT2D eigenvalue weighted by Gasteiger charge is -2.30. The van der Waals surface area contributed by atoms with Gasteiger partial charge in [-0.15, -0.1) is 0 Å². The predicted molar refractivity (Wildman–Crippen MR) is 83.3 cm³/mol. The molecule has 22 heavy (non-hydrogen) atoms. The van der Waals surface area contributed by atoms with Gasteiger partial charge in [0, 0.05) is 30.8 Å². The van der Waals surface area contributed by atoms with Crippen molar-refractivity contribution in [3.05, 3.63) is 36.7 Å². The molecule has 1 aliphatic rings. The summed E-state index contributed by atoms with van der Waals surface area (Å²) in [6.45, 7) is 1.42. The fourth-order valence-electron chi connectivity index (χ4n) is 2.81. The minimum absolute atomic E-state index is 0.0201. The van der Waals surface area contributed by atoms with Gasteiger partial charge >= 0.3 is 0 Å². The number of rotatable bonds is 3. The van der Waals surface area contributed by atoms with Gasteiger partial charge in [-0.1, -0.05) is 0 Å². The number of imidazole rings is 1. The maximum absolute atomic E-state index is 11.5. The summed E-state index contributed by atoms with van der Waals surface area (Å²) in [6, 6.07) is 6.66. The van der Waals surface area contributed by atoms with Crippen molar-refractivity contribution in [1.29, 1.82) is 0 Å². The lowest BCUT2D eigenvalue weighted by atomic mass is 10.0. The number of benzene rings is 1. The zero-order valence-electron chi connectivity index (χ0n) is 12.3. The molecule has 0 radical (unpaired) electrons. The molecule has 1 aliphatic heterocycles. The third-order valence-electron chi connectivity index (χ3n) is 3.98. The maximum Gasteiger partial charge on any atom is 0.175 e. The van der Waals surface area contributed by atoms with E-state index in [4.69, 9.17) is 0 Å². The Balaban J connectivity index is 1.95. The van der Waals surface area contributed by atoms with Crippen LogP contribution in [0.5, 0.6) is 0 Å². The molecule has 118 valence electrons. The topological polar surface area (TPSA) is 84.2 Å². The fraction of sp³-hybridized carbons (Fsp3) is 0.400. The highest BCUT2D eigenvalue weighted by Crippen LogP contribution is 2.27. The molecule has 1 saturated heterocycles. The molecule has 0 saturated carbocycles. The Morgan fingerprint density at radius 2 is 2.05 bits per heavy atom. The number of aliphatic hydroxyl groups excluding tert-OH is 1. The number of aromatic nitrogens is 2. The number of hydrogen-bond donors (Lipinski definition) is 2. The third-order valence-corrected chi connectivity index (χ3v) is 5.11. The van der Waals surface area contributed by atoms with Crippen molar-refractivity contribution in [3.63, 3.8) is 0 Å². The van der Waals surface area contributed by atoms with Gasteiger partial charge in [-0.25, -0.2) is 13.4 Å². The van der Waals surface area contributed by atoms with E-state index < -0.39 is 15.9 Å². The third kappa shape index (κ3) is 2.92. The Bertz CT molecular complexity index is 753. The van der Waals surface area contributed by atoms with Gasteiger partial charge in [0.25, 0.3) is 0 Å². The van der Waals surface area contributed by atoms with Crippen molar-refractivity contribution >= 4 is 9.84 Å². The zero-order valence-corrected chi connectivity index (χ0v) is 13.1. The summed E-state index contributed by atoms with van der Waals surface area (Å²) >= 11 is 0. The van der Waals surface area contributed by atoms with E-state index in [2.05, 4.69) is 10.3 Å². The van der Waals surface area contributed by atoms with E-state index in [9.17, 15) is 13.5 Å². The van der Waals surface area contributed by atoms with E-state index in [0.717, 1.165) is 24.4 Å². The molecule has 0 aliphatic carbocycles. The Hall–Kier alpha value is -1.70. The highest BCUT2D eigenvalue weighted by molar-refractivity contribution is 7.90. The van der Waals surface area contributed by atoms with E-state index >= 15 is 0 Å². The summed E-state index contributed by atoms with van der Waals surface area (Å²) in [4.78, 5) is 4.66. The molecule has 2 heterocycles. The quantitative estimate of drug-likeness (QED) is 0.875. The Kier molecular flexibility index (Phi) is 4.03. The first-order valence-electron chi connectivity index (χ1n) is 7.19. The van der Waals surface area contributed by atoms with Gasteiger partial charge < -0.3 is 15.0 Å². The molecule has 2 N–H and O–H groups in total. The average molecular weight is 321 g/mol. The molecule has 1 aromatic carbocycles. The molecule has 2 atom stereocenters. The normalized spacial score (nSPS) is 22.6. The molecular weight excluding hydrogens is 302 g/mol. The molecule has 7 heteroatoms. The van der Waals surface area contributed by atoms with Crippen molar-refractivity contribution in [1.82, 2.24) is 14.9 Å². The first-order chi connectivity index (χ1) is 10.5. The fourth-order valence-corrected chi connectivity index (χ4v) is 3.44. The van der Waals surface area contributed by atoms with Crippen LogP contribution in [-0.2, 0) is 9.84 Å². The summed E-state index contributed by atoms with van der Waals surface area (Å²) in [5, 5.41) is 13.3. The van der Waals surface area contributed by atoms with E-state index in [1.807, 2.05) is 10.8 Å². The molecule has 2 aromatic rings. The second-order valence-electron chi connectivity index (χ2n) is 5.58. The summed E-state index contributed by atoms with van der Waals surface area (Å²) in [7, 11) is -3.20. The number of hydrogen-bond acceptors (Lipinski definition) is 5. The summed E-state index contributed by atoms with van der Waals surface area (Å²) < 4.78 is 25.0. The highest BCUT2D eigenvalue weighted by Gasteiger charge is 2.26. The molecule has 0 spiro atoms. The predicted octanol–water partition coefficient (Wildman–Crippen LogP) is 0.849. The number of β-amino-alcohol motifs (C(OH)–C–C–N with tert-alkyl or cyclic N) is 1. The maximum atomic E-state index is 11.5. The second kappa shape index (κ2) is 5.83. The smallest absolute Gasteiger partial charge is 0.175 e. The van der Waals surface area contributed by atoms with Gasteiger partial charge in [-0.05, 0) is 37.2 Å². The second-order valence-corrected chi connectivity index (χ2v) is 7.60. The van der Waals surface area contributed by atoms with Crippen LogP contribution in [0.1, 0.15) is 12.5 Å². The number of sulfone groups is 1. The van der Waals surface area contributed by atoms with Crippen molar-refractivity contribution < 1.29 is 13.5 Å². The molecule has 3 rings (SSSR count). The van der Waals surface area contributed by atoms with Gasteiger partial charge in [0.15, 0.2) is 9.84 Å². The lowest BCUT2D eigenvalue weighted by Crippen LogP contribution is -2.41. The standard InChI is InChI=1S/C15H19N3O3S/c1-22(20,21)12-4-2-11(3-5-12)15-17-8-9-18(15)13-6-7-16-10-14(13)19/h2-5,8-9,13-14,16,19H,6-7,10H2,1H3/t13-,14-/m0/s1. The van der Waals surface area contributed by atoms with Crippen LogP contribution in [0.2, 0.25) is 0 Å². The van der Waals surface area contributed by atoms with Crippen LogP contribution in [0.4, 0.5) is 0 Å². The van der Waals surface area contributed by atoms with Crippen LogP contribution < -0.4 is 5.32 Å². The van der Waals surface area contributed by atoms with Crippen molar-refractivity contribution in [2.45, 2.75) is 23.5 Å². The molecule has 1 aromatic heterocycles. The lowest BCUT2D eigenvalue weighted by molar-refractivity contribution is 0.0880. The van der Waals surface area contributed by atoms with Gasteiger partial charge in [-0.3, -0.25) is 0 Å². The molecule has 1 fully saturated rings. The Morgan fingerprint density at radius 3 is 2.68 bits per heavy atom. The van der Waals surface area contributed by atoms with Crippen molar-refractivity contribution in [2.24, 2.45) is 0 Å². The Labute approximate surface area is 129 Å². The van der Waals surface area contributed by atoms with Crippen LogP contribution >= 0.6 is 0 Å². The van der Waals surface area contributed by atoms with E-state index in [-0.39, 0.29) is 10.9 Å². The molecule has 0 unspecified atom stereocenters. The molecule has 6 nitrogen and oxygen atoms in total. The first kappa shape index (κ1) is 15.2. The highest BCUT2D eigenvalue weighted by atomic mass is 32.2. The van der Waals surface area contributed by atoms with Gasteiger partial charge in [0.1, 0.15) is 5.82 Å². The van der Waals surface area contributed by atoms with Crippen LogP contribution in [0.25, 0.3) is 11.4 Å². The zero-order chi connectivity index (χ0) is 15.7. The monoisotopic (exact) mass is 321 g/mol. The average Bonchev–Trinajstić information content (AvgIpc) is 2.96. The minimum atomic E-state index is -3.20. The van der Waals surface area contributed by atoms with Crippen LogP contribution in [0, 0.1) is 0 Å². The first-order valence-corrected chi connectivity index (χ1v) is 9.08.